The van der Waals surface area contributed by atoms with Crippen LogP contribution in [0.3, 0.4) is 0 Å². The van der Waals surface area contributed by atoms with Gasteiger partial charge in [0.1, 0.15) is 23.4 Å². The van der Waals surface area contributed by atoms with Crippen molar-refractivity contribution >= 4 is 17.9 Å². The number of ether oxygens (including phenoxy) is 4. The van der Waals surface area contributed by atoms with E-state index in [0.717, 1.165) is 0 Å². The van der Waals surface area contributed by atoms with Gasteiger partial charge in [0.25, 0.3) is 0 Å². The standard InChI is InChI=1S/C22H37N3O5/c1-14(2)17-19(28-9)23-16(18(24-17)27-8)12-10-11-15-13-29-22(6,7)25(15)20(26)30-21(3,4)5/h10-11,14-17H,12-13H2,1-9H3/b11-10+/t15-,16+,17-/m0/s1. The molecule has 1 amide bonds. The minimum atomic E-state index is -0.743. The lowest BCUT2D eigenvalue weighted by atomic mass is 10.0. The average Bonchev–Trinajstić information content (AvgIpc) is 2.93. The van der Waals surface area contributed by atoms with Gasteiger partial charge < -0.3 is 18.9 Å². The maximum atomic E-state index is 12.7. The van der Waals surface area contributed by atoms with Gasteiger partial charge in [-0.2, -0.15) is 0 Å². The van der Waals surface area contributed by atoms with E-state index in [9.17, 15) is 4.79 Å². The van der Waals surface area contributed by atoms with Crippen LogP contribution in [0.15, 0.2) is 22.1 Å². The summed E-state index contributed by atoms with van der Waals surface area (Å²) >= 11 is 0. The third-order valence-corrected chi connectivity index (χ3v) is 4.96. The van der Waals surface area contributed by atoms with Gasteiger partial charge in [0.05, 0.1) is 26.9 Å². The zero-order chi connectivity index (χ0) is 22.7. The molecule has 0 aromatic heterocycles. The van der Waals surface area contributed by atoms with E-state index < -0.39 is 17.4 Å². The number of carbonyl (C=O) groups excluding carboxylic acids is 1. The van der Waals surface area contributed by atoms with E-state index >= 15 is 0 Å². The molecule has 8 nitrogen and oxygen atoms in total. The van der Waals surface area contributed by atoms with Crippen molar-refractivity contribution in [2.24, 2.45) is 15.9 Å². The molecule has 0 radical (unpaired) electrons. The zero-order valence-electron chi connectivity index (χ0n) is 19.8. The van der Waals surface area contributed by atoms with E-state index in [-0.39, 0.29) is 24.0 Å². The summed E-state index contributed by atoms with van der Waals surface area (Å²) < 4.78 is 22.4. The predicted molar refractivity (Wildman–Crippen MR) is 117 cm³/mol. The third-order valence-electron chi connectivity index (χ3n) is 4.96. The number of rotatable bonds is 4. The summed E-state index contributed by atoms with van der Waals surface area (Å²) in [4.78, 5) is 23.8. The van der Waals surface area contributed by atoms with Crippen LogP contribution in [0.1, 0.15) is 54.9 Å². The number of aliphatic imine (C=N–C) groups is 2. The maximum Gasteiger partial charge on any atom is 0.413 e. The van der Waals surface area contributed by atoms with Crippen LogP contribution in [0.4, 0.5) is 4.79 Å². The van der Waals surface area contributed by atoms with Crippen molar-refractivity contribution in [3.8, 4) is 0 Å². The zero-order valence-corrected chi connectivity index (χ0v) is 19.8. The van der Waals surface area contributed by atoms with Crippen LogP contribution in [0.5, 0.6) is 0 Å². The molecule has 1 saturated heterocycles. The lowest BCUT2D eigenvalue weighted by Crippen LogP contribution is -2.49. The van der Waals surface area contributed by atoms with E-state index in [4.69, 9.17) is 23.9 Å². The second-order valence-corrected chi connectivity index (χ2v) is 9.39. The number of nitrogens with zero attached hydrogens (tertiary/aromatic N) is 3. The van der Waals surface area contributed by atoms with Gasteiger partial charge in [0.15, 0.2) is 0 Å². The van der Waals surface area contributed by atoms with Crippen molar-refractivity contribution in [1.82, 2.24) is 4.90 Å². The fraction of sp³-hybridized carbons (Fsp3) is 0.773. The maximum absolute atomic E-state index is 12.7. The molecule has 2 aliphatic rings. The summed E-state index contributed by atoms with van der Waals surface area (Å²) in [5, 5.41) is 0. The van der Waals surface area contributed by atoms with Gasteiger partial charge in [-0.05, 0) is 47.0 Å². The molecule has 0 spiro atoms. The number of amides is 1. The number of methoxy groups -OCH3 is 2. The van der Waals surface area contributed by atoms with Crippen LogP contribution in [0.25, 0.3) is 0 Å². The Labute approximate surface area is 180 Å². The Morgan fingerprint density at radius 1 is 1.23 bits per heavy atom. The SMILES string of the molecule is COC1=N[C@H](C/C=C/[C@H]2COC(C)(C)N2C(=O)OC(C)(C)C)C(OC)=N[C@H]1C(C)C. The highest BCUT2D eigenvalue weighted by atomic mass is 16.6. The highest BCUT2D eigenvalue weighted by Crippen LogP contribution is 2.30. The molecule has 0 aromatic rings. The predicted octanol–water partition coefficient (Wildman–Crippen LogP) is 3.80. The summed E-state index contributed by atoms with van der Waals surface area (Å²) in [5.74, 6) is 1.46. The Kier molecular flexibility index (Phi) is 7.55. The summed E-state index contributed by atoms with van der Waals surface area (Å²) in [6, 6.07) is -0.631. The molecule has 2 heterocycles. The normalized spacial score (nSPS) is 26.6. The van der Waals surface area contributed by atoms with E-state index in [1.165, 1.54) is 0 Å². The van der Waals surface area contributed by atoms with E-state index in [1.54, 1.807) is 19.1 Å². The van der Waals surface area contributed by atoms with Gasteiger partial charge in [-0.25, -0.2) is 14.8 Å². The van der Waals surface area contributed by atoms with Gasteiger partial charge in [0.2, 0.25) is 11.8 Å². The topological polar surface area (TPSA) is 82.0 Å². The van der Waals surface area contributed by atoms with Crippen molar-refractivity contribution in [1.29, 1.82) is 0 Å². The first-order valence-corrected chi connectivity index (χ1v) is 10.5. The summed E-state index contributed by atoms with van der Waals surface area (Å²) in [6.45, 7) is 13.8. The van der Waals surface area contributed by atoms with Crippen molar-refractivity contribution in [2.45, 2.75) is 84.3 Å². The Bertz CT molecular complexity index is 706. The van der Waals surface area contributed by atoms with Gasteiger partial charge in [-0.3, -0.25) is 4.90 Å². The average molecular weight is 424 g/mol. The lowest BCUT2D eigenvalue weighted by Gasteiger charge is -2.34. The van der Waals surface area contributed by atoms with Crippen molar-refractivity contribution in [2.75, 3.05) is 20.8 Å². The third kappa shape index (κ3) is 5.74. The minimum absolute atomic E-state index is 0.142. The summed E-state index contributed by atoms with van der Waals surface area (Å²) in [7, 11) is 3.23. The largest absolute Gasteiger partial charge is 0.483 e. The Morgan fingerprint density at radius 3 is 2.40 bits per heavy atom. The van der Waals surface area contributed by atoms with E-state index in [0.29, 0.717) is 24.8 Å². The molecular formula is C22H37N3O5. The second-order valence-electron chi connectivity index (χ2n) is 9.39. The fourth-order valence-electron chi connectivity index (χ4n) is 3.52. The molecule has 2 aliphatic heterocycles. The van der Waals surface area contributed by atoms with E-state index in [1.807, 2.05) is 46.8 Å². The minimum Gasteiger partial charge on any atom is -0.483 e. The van der Waals surface area contributed by atoms with Crippen LogP contribution in [-0.4, -0.2) is 73.1 Å². The number of hydrogen-bond donors (Lipinski definition) is 0. The highest BCUT2D eigenvalue weighted by Gasteiger charge is 2.44. The highest BCUT2D eigenvalue weighted by molar-refractivity contribution is 5.94. The van der Waals surface area contributed by atoms with Gasteiger partial charge in [0, 0.05) is 0 Å². The molecule has 30 heavy (non-hydrogen) atoms. The molecule has 0 aromatic carbocycles. The summed E-state index contributed by atoms with van der Waals surface area (Å²) in [5.41, 5.74) is -1.32. The first-order chi connectivity index (χ1) is 13.9. The first-order valence-electron chi connectivity index (χ1n) is 10.5. The van der Waals surface area contributed by atoms with Gasteiger partial charge in [-0.1, -0.05) is 26.0 Å². The van der Waals surface area contributed by atoms with Crippen molar-refractivity contribution in [3.05, 3.63) is 12.2 Å². The molecule has 0 unspecified atom stereocenters. The van der Waals surface area contributed by atoms with Crippen molar-refractivity contribution < 1.29 is 23.7 Å². The Hall–Kier alpha value is -2.09. The van der Waals surface area contributed by atoms with E-state index in [2.05, 4.69) is 18.8 Å². The molecule has 0 saturated carbocycles. The molecule has 170 valence electrons. The molecule has 2 rings (SSSR count). The van der Waals surface area contributed by atoms with Gasteiger partial charge >= 0.3 is 6.09 Å². The molecule has 1 fully saturated rings. The second kappa shape index (κ2) is 9.37. The Balaban J connectivity index is 2.13. The van der Waals surface area contributed by atoms with Gasteiger partial charge in [-0.15, -0.1) is 0 Å². The lowest BCUT2D eigenvalue weighted by molar-refractivity contribution is -0.0610. The van der Waals surface area contributed by atoms with Crippen molar-refractivity contribution in [3.63, 3.8) is 0 Å². The van der Waals surface area contributed by atoms with Crippen LogP contribution < -0.4 is 0 Å². The van der Waals surface area contributed by atoms with Crippen LogP contribution in [0.2, 0.25) is 0 Å². The smallest absolute Gasteiger partial charge is 0.413 e. The number of hydrogen-bond acceptors (Lipinski definition) is 7. The first kappa shape index (κ1) is 24.2. The molecule has 0 bridgehead atoms. The number of carbonyl (C=O) groups is 1. The molecule has 0 N–H and O–H groups in total. The summed E-state index contributed by atoms with van der Waals surface area (Å²) in [6.07, 6.45) is 4.13. The monoisotopic (exact) mass is 423 g/mol. The molecule has 8 heteroatoms. The molecule has 0 aliphatic carbocycles. The molecular weight excluding hydrogens is 386 g/mol. The van der Waals surface area contributed by atoms with Crippen LogP contribution >= 0.6 is 0 Å². The van der Waals surface area contributed by atoms with Crippen LogP contribution in [0, 0.1) is 5.92 Å². The van der Waals surface area contributed by atoms with Crippen LogP contribution in [-0.2, 0) is 18.9 Å². The Morgan fingerprint density at radius 2 is 1.87 bits per heavy atom. The molecule has 3 atom stereocenters. The quantitative estimate of drug-likeness (QED) is 0.643. The fourth-order valence-corrected chi connectivity index (χ4v) is 3.52.